The summed E-state index contributed by atoms with van der Waals surface area (Å²) in [6.45, 7) is 3.07. The quantitative estimate of drug-likeness (QED) is 0.910. The van der Waals surface area contributed by atoms with Crippen molar-refractivity contribution in [3.63, 3.8) is 0 Å². The number of pyridine rings is 1. The highest BCUT2D eigenvalue weighted by Crippen LogP contribution is 2.24. The number of rotatable bonds is 5. The van der Waals surface area contributed by atoms with Crippen molar-refractivity contribution in [2.75, 3.05) is 23.8 Å². The molecule has 1 N–H and O–H groups in total. The maximum Gasteiger partial charge on any atom is 0.168 e. The molecule has 0 saturated carbocycles. The number of nitrogens with zero attached hydrogens (tertiary/aromatic N) is 2. The van der Waals surface area contributed by atoms with Crippen molar-refractivity contribution in [1.29, 1.82) is 0 Å². The van der Waals surface area contributed by atoms with Gasteiger partial charge >= 0.3 is 0 Å². The van der Waals surface area contributed by atoms with Crippen molar-refractivity contribution in [2.45, 2.75) is 13.5 Å². The van der Waals surface area contributed by atoms with Crippen LogP contribution >= 0.6 is 11.3 Å². The van der Waals surface area contributed by atoms with Gasteiger partial charge in [0.05, 0.1) is 6.54 Å². The van der Waals surface area contributed by atoms with Crippen LogP contribution < -0.4 is 10.2 Å². The van der Waals surface area contributed by atoms with Crippen molar-refractivity contribution in [3.8, 4) is 0 Å². The molecule has 6 heteroatoms. The first-order valence-electron chi connectivity index (χ1n) is 5.96. The lowest BCUT2D eigenvalue weighted by Gasteiger charge is -2.22. The Bertz CT molecular complexity index is 543. The third-order valence-corrected chi connectivity index (χ3v) is 3.62. The maximum atomic E-state index is 13.9. The number of hydrogen-bond acceptors (Lipinski definition) is 4. The molecular formula is C13H15F2N3S. The van der Waals surface area contributed by atoms with Gasteiger partial charge in [-0.2, -0.15) is 0 Å². The number of anilines is 2. The molecule has 102 valence electrons. The second kappa shape index (κ2) is 5.97. The molecule has 0 atom stereocenters. The number of thiophene rings is 1. The van der Waals surface area contributed by atoms with Gasteiger partial charge in [-0.25, -0.2) is 13.8 Å². The van der Waals surface area contributed by atoms with E-state index in [-0.39, 0.29) is 11.6 Å². The molecule has 0 amide bonds. The molecule has 2 aromatic heterocycles. The highest BCUT2D eigenvalue weighted by molar-refractivity contribution is 7.09. The van der Waals surface area contributed by atoms with Crippen LogP contribution in [0, 0.1) is 11.6 Å². The molecule has 0 fully saturated rings. The second-order valence-electron chi connectivity index (χ2n) is 3.97. The average molecular weight is 283 g/mol. The van der Waals surface area contributed by atoms with Crippen molar-refractivity contribution >= 4 is 23.0 Å². The molecule has 0 aromatic carbocycles. The van der Waals surface area contributed by atoms with Gasteiger partial charge in [0.2, 0.25) is 0 Å². The van der Waals surface area contributed by atoms with Gasteiger partial charge in [-0.1, -0.05) is 6.07 Å². The summed E-state index contributed by atoms with van der Waals surface area (Å²) in [5.41, 5.74) is 0. The zero-order valence-electron chi connectivity index (χ0n) is 10.8. The van der Waals surface area contributed by atoms with Crippen molar-refractivity contribution in [2.24, 2.45) is 0 Å². The molecule has 0 aliphatic heterocycles. The second-order valence-corrected chi connectivity index (χ2v) is 5.00. The smallest absolute Gasteiger partial charge is 0.168 e. The van der Waals surface area contributed by atoms with Crippen LogP contribution in [0.2, 0.25) is 0 Å². The molecule has 2 aromatic rings. The van der Waals surface area contributed by atoms with E-state index in [9.17, 15) is 8.78 Å². The normalized spacial score (nSPS) is 10.5. The van der Waals surface area contributed by atoms with Gasteiger partial charge in [-0.05, 0) is 18.4 Å². The summed E-state index contributed by atoms with van der Waals surface area (Å²) in [6.07, 6.45) is 0. The molecule has 0 spiro atoms. The third kappa shape index (κ3) is 3.01. The summed E-state index contributed by atoms with van der Waals surface area (Å²) in [5, 5.41) is 4.59. The largest absolute Gasteiger partial charge is 0.371 e. The lowest BCUT2D eigenvalue weighted by Crippen LogP contribution is -2.24. The topological polar surface area (TPSA) is 28.2 Å². The molecule has 0 aliphatic rings. The average Bonchev–Trinajstić information content (AvgIpc) is 2.89. The highest BCUT2D eigenvalue weighted by Gasteiger charge is 2.16. The molecular weight excluding hydrogens is 268 g/mol. The summed E-state index contributed by atoms with van der Waals surface area (Å²) in [6, 6.07) is 4.79. The Kier molecular flexibility index (Phi) is 4.31. The minimum absolute atomic E-state index is 0.0565. The van der Waals surface area contributed by atoms with Gasteiger partial charge in [0, 0.05) is 24.5 Å². The zero-order valence-corrected chi connectivity index (χ0v) is 11.6. The minimum atomic E-state index is -0.684. The first kappa shape index (κ1) is 13.7. The third-order valence-electron chi connectivity index (χ3n) is 2.76. The summed E-state index contributed by atoms with van der Waals surface area (Å²) in [4.78, 5) is 6.90. The van der Waals surface area contributed by atoms with Crippen LogP contribution in [-0.4, -0.2) is 18.6 Å². The number of nitrogens with one attached hydrogen (secondary N) is 1. The number of halogens is 2. The lowest BCUT2D eigenvalue weighted by molar-refractivity contribution is 0.570. The van der Waals surface area contributed by atoms with E-state index in [1.54, 1.807) is 23.3 Å². The van der Waals surface area contributed by atoms with E-state index in [1.807, 2.05) is 24.4 Å². The van der Waals surface area contributed by atoms with Gasteiger partial charge in [-0.3, -0.25) is 0 Å². The Morgan fingerprint density at radius 2 is 2.16 bits per heavy atom. The van der Waals surface area contributed by atoms with E-state index >= 15 is 0 Å². The molecule has 0 aliphatic carbocycles. The van der Waals surface area contributed by atoms with Gasteiger partial charge in [0.25, 0.3) is 0 Å². The summed E-state index contributed by atoms with van der Waals surface area (Å²) in [5.74, 6) is -1.10. The first-order chi connectivity index (χ1) is 9.15. The number of aromatic nitrogens is 1. The SMILES string of the molecule is CCN(Cc1cccs1)c1nc(NC)c(F)cc1F. The highest BCUT2D eigenvalue weighted by atomic mass is 32.1. The fraction of sp³-hybridized carbons (Fsp3) is 0.308. The number of hydrogen-bond donors (Lipinski definition) is 1. The minimum Gasteiger partial charge on any atom is -0.371 e. The summed E-state index contributed by atoms with van der Waals surface area (Å²) in [7, 11) is 1.56. The Morgan fingerprint density at radius 3 is 2.74 bits per heavy atom. The van der Waals surface area contributed by atoms with Gasteiger partial charge < -0.3 is 10.2 Å². The Balaban J connectivity index is 2.32. The van der Waals surface area contributed by atoms with Crippen molar-refractivity contribution < 1.29 is 8.78 Å². The molecule has 2 rings (SSSR count). The van der Waals surface area contributed by atoms with Crippen LogP contribution in [0.25, 0.3) is 0 Å². The molecule has 2 heterocycles. The zero-order chi connectivity index (χ0) is 13.8. The lowest BCUT2D eigenvalue weighted by atomic mass is 10.3. The van der Waals surface area contributed by atoms with Crippen LogP contribution in [0.4, 0.5) is 20.4 Å². The first-order valence-corrected chi connectivity index (χ1v) is 6.84. The van der Waals surface area contributed by atoms with E-state index in [0.717, 1.165) is 10.9 Å². The molecule has 19 heavy (non-hydrogen) atoms. The van der Waals surface area contributed by atoms with E-state index in [4.69, 9.17) is 0 Å². The van der Waals surface area contributed by atoms with Crippen LogP contribution in [0.3, 0.4) is 0 Å². The van der Waals surface area contributed by atoms with Crippen molar-refractivity contribution in [1.82, 2.24) is 4.98 Å². The van der Waals surface area contributed by atoms with Crippen LogP contribution in [0.1, 0.15) is 11.8 Å². The van der Waals surface area contributed by atoms with Gasteiger partial charge in [-0.15, -0.1) is 11.3 Å². The predicted octanol–water partition coefficient (Wildman–Crippen LogP) is 3.49. The van der Waals surface area contributed by atoms with E-state index in [1.165, 1.54) is 0 Å². The van der Waals surface area contributed by atoms with E-state index < -0.39 is 11.6 Å². The molecule has 0 saturated heterocycles. The van der Waals surface area contributed by atoms with Crippen molar-refractivity contribution in [3.05, 3.63) is 40.1 Å². The molecule has 0 bridgehead atoms. The Labute approximate surface area is 114 Å². The Hall–Kier alpha value is -1.69. The molecule has 3 nitrogen and oxygen atoms in total. The molecule has 0 radical (unpaired) electrons. The summed E-state index contributed by atoms with van der Waals surface area (Å²) < 4.78 is 27.3. The monoisotopic (exact) mass is 283 g/mol. The van der Waals surface area contributed by atoms with Gasteiger partial charge in [0.1, 0.15) is 0 Å². The van der Waals surface area contributed by atoms with Gasteiger partial charge in [0.15, 0.2) is 23.3 Å². The fourth-order valence-electron chi connectivity index (χ4n) is 1.78. The maximum absolute atomic E-state index is 13.9. The van der Waals surface area contributed by atoms with Crippen LogP contribution in [-0.2, 0) is 6.54 Å². The standard InChI is InChI=1S/C13H15F2N3S/c1-3-18(8-9-5-4-6-19-9)13-11(15)7-10(14)12(16-2)17-13/h4-7H,3,8H2,1-2H3,(H,16,17). The Morgan fingerprint density at radius 1 is 1.37 bits per heavy atom. The molecule has 0 unspecified atom stereocenters. The van der Waals surface area contributed by atoms with E-state index in [2.05, 4.69) is 10.3 Å². The van der Waals surface area contributed by atoms with E-state index in [0.29, 0.717) is 13.1 Å². The predicted molar refractivity (Wildman–Crippen MR) is 74.7 cm³/mol. The summed E-state index contributed by atoms with van der Waals surface area (Å²) >= 11 is 1.60. The van der Waals surface area contributed by atoms with Crippen LogP contribution in [0.5, 0.6) is 0 Å². The van der Waals surface area contributed by atoms with Crippen LogP contribution in [0.15, 0.2) is 23.6 Å². The fourth-order valence-corrected chi connectivity index (χ4v) is 2.50.